The van der Waals surface area contributed by atoms with E-state index < -0.39 is 0 Å². The van der Waals surface area contributed by atoms with Crippen molar-refractivity contribution in [1.29, 1.82) is 0 Å². The van der Waals surface area contributed by atoms with Crippen LogP contribution in [0.15, 0.2) is 30.8 Å². The van der Waals surface area contributed by atoms with Gasteiger partial charge in [0.2, 0.25) is 0 Å². The van der Waals surface area contributed by atoms with E-state index in [1.54, 1.807) is 0 Å². The van der Waals surface area contributed by atoms with E-state index in [9.17, 15) is 0 Å². The van der Waals surface area contributed by atoms with Gasteiger partial charge in [-0.05, 0) is 30.6 Å². The maximum Gasteiger partial charge on any atom is 0.104 e. The molecule has 0 amide bonds. The monoisotopic (exact) mass is 291 g/mol. The molecule has 0 spiro atoms. The Balaban J connectivity index is 0.000000270. The second-order valence-electron chi connectivity index (χ2n) is 5.49. The van der Waals surface area contributed by atoms with Gasteiger partial charge in [-0.25, -0.2) is 0 Å². The average Bonchev–Trinajstić information content (AvgIpc) is 3.33. The average molecular weight is 291 g/mol. The van der Waals surface area contributed by atoms with Crippen LogP contribution in [0.5, 0.6) is 0 Å². The van der Waals surface area contributed by atoms with Gasteiger partial charge in [-0.3, -0.25) is 0 Å². The van der Waals surface area contributed by atoms with Gasteiger partial charge in [0.05, 0.1) is 19.8 Å². The van der Waals surface area contributed by atoms with Crippen molar-refractivity contribution < 1.29 is 9.47 Å². The van der Waals surface area contributed by atoms with Crippen LogP contribution in [0.3, 0.4) is 0 Å². The molecule has 2 unspecified atom stereocenters. The quantitative estimate of drug-likeness (QED) is 0.744. The second-order valence-corrected chi connectivity index (χ2v) is 5.49. The van der Waals surface area contributed by atoms with E-state index in [1.165, 1.54) is 12.0 Å². The lowest BCUT2D eigenvalue weighted by molar-refractivity contribution is 0.104. The molecule has 0 saturated carbocycles. The normalized spacial score (nSPS) is 17.6. The summed E-state index contributed by atoms with van der Waals surface area (Å²) < 4.78 is 10.5. The van der Waals surface area contributed by atoms with E-state index in [4.69, 9.17) is 9.47 Å². The molecular formula is C18H29NO2. The summed E-state index contributed by atoms with van der Waals surface area (Å²) >= 11 is 0. The molecule has 0 radical (unpaired) electrons. The minimum Gasteiger partial charge on any atom is -0.374 e. The molecule has 0 bridgehead atoms. The molecule has 1 aromatic carbocycles. The minimum absolute atomic E-state index is 0.349. The Morgan fingerprint density at radius 3 is 2.52 bits per heavy atom. The van der Waals surface area contributed by atoms with Gasteiger partial charge in [0.1, 0.15) is 6.10 Å². The maximum absolute atomic E-state index is 5.47. The summed E-state index contributed by atoms with van der Waals surface area (Å²) in [5, 5.41) is 3.12. The van der Waals surface area contributed by atoms with Crippen LogP contribution in [0.25, 0.3) is 6.08 Å². The predicted octanol–water partition coefficient (Wildman–Crippen LogP) is 3.50. The van der Waals surface area contributed by atoms with Gasteiger partial charge in [0.15, 0.2) is 0 Å². The third-order valence-corrected chi connectivity index (χ3v) is 3.44. The molecule has 3 nitrogen and oxygen atoms in total. The third-order valence-electron chi connectivity index (χ3n) is 3.44. The molecule has 2 atom stereocenters. The SMILES string of the molecule is C=Cc1ccc(COCC2CO2)cc1.CCC(C)CNC. The molecule has 1 heterocycles. The summed E-state index contributed by atoms with van der Waals surface area (Å²) in [7, 11) is 1.99. The lowest BCUT2D eigenvalue weighted by atomic mass is 10.1. The van der Waals surface area contributed by atoms with Crippen LogP contribution in [-0.4, -0.2) is 32.9 Å². The number of rotatable bonds is 8. The van der Waals surface area contributed by atoms with Crippen molar-refractivity contribution in [3.8, 4) is 0 Å². The Bertz CT molecular complexity index is 385. The van der Waals surface area contributed by atoms with Crippen LogP contribution in [0.4, 0.5) is 0 Å². The number of benzene rings is 1. The summed E-state index contributed by atoms with van der Waals surface area (Å²) in [6, 6.07) is 8.20. The molecule has 0 aliphatic carbocycles. The van der Waals surface area contributed by atoms with E-state index in [2.05, 4.69) is 37.9 Å². The molecule has 1 aliphatic rings. The minimum atomic E-state index is 0.349. The second kappa shape index (κ2) is 10.6. The van der Waals surface area contributed by atoms with Crippen molar-refractivity contribution in [2.45, 2.75) is 33.0 Å². The smallest absolute Gasteiger partial charge is 0.104 e. The fourth-order valence-corrected chi connectivity index (χ4v) is 1.72. The molecule has 1 fully saturated rings. The molecule has 0 aromatic heterocycles. The predicted molar refractivity (Wildman–Crippen MR) is 89.3 cm³/mol. The first-order valence-corrected chi connectivity index (χ1v) is 7.74. The first kappa shape index (κ1) is 17.9. The Morgan fingerprint density at radius 2 is 2.10 bits per heavy atom. The van der Waals surface area contributed by atoms with Crippen LogP contribution >= 0.6 is 0 Å². The van der Waals surface area contributed by atoms with Crippen molar-refractivity contribution in [3.05, 3.63) is 42.0 Å². The van der Waals surface area contributed by atoms with E-state index in [0.29, 0.717) is 19.3 Å². The zero-order valence-corrected chi connectivity index (χ0v) is 13.6. The van der Waals surface area contributed by atoms with Gasteiger partial charge in [-0.2, -0.15) is 0 Å². The number of hydrogen-bond donors (Lipinski definition) is 1. The van der Waals surface area contributed by atoms with Crippen LogP contribution in [0, 0.1) is 5.92 Å². The number of hydrogen-bond acceptors (Lipinski definition) is 3. The Labute approximate surface area is 129 Å². The van der Waals surface area contributed by atoms with Crippen molar-refractivity contribution in [1.82, 2.24) is 5.32 Å². The van der Waals surface area contributed by atoms with Crippen LogP contribution in [-0.2, 0) is 16.1 Å². The molecular weight excluding hydrogens is 262 g/mol. The molecule has 1 aliphatic heterocycles. The zero-order chi connectivity index (χ0) is 15.5. The van der Waals surface area contributed by atoms with Crippen LogP contribution in [0.1, 0.15) is 31.4 Å². The van der Waals surface area contributed by atoms with Crippen molar-refractivity contribution >= 4 is 6.08 Å². The highest BCUT2D eigenvalue weighted by Gasteiger charge is 2.22. The van der Waals surface area contributed by atoms with Crippen LogP contribution < -0.4 is 5.32 Å². The lowest BCUT2D eigenvalue weighted by Gasteiger charge is -2.04. The number of nitrogens with one attached hydrogen (secondary N) is 1. The van der Waals surface area contributed by atoms with E-state index in [1.807, 2.05) is 25.3 Å². The van der Waals surface area contributed by atoms with Gasteiger partial charge in [0, 0.05) is 0 Å². The highest BCUT2D eigenvalue weighted by atomic mass is 16.6. The standard InChI is InChI=1S/C12H14O2.C6H15N/c1-2-10-3-5-11(6-4-10)7-13-8-12-9-14-12;1-4-6(2)5-7-3/h2-6,12H,1,7-9H2;6-7H,4-5H2,1-3H3. The largest absolute Gasteiger partial charge is 0.374 e. The fraction of sp³-hybridized carbons (Fsp3) is 0.556. The molecule has 3 heteroatoms. The lowest BCUT2D eigenvalue weighted by Crippen LogP contribution is -2.14. The van der Waals surface area contributed by atoms with Crippen molar-refractivity contribution in [3.63, 3.8) is 0 Å². The van der Waals surface area contributed by atoms with E-state index in [0.717, 1.165) is 24.6 Å². The molecule has 1 N–H and O–H groups in total. The topological polar surface area (TPSA) is 33.8 Å². The fourth-order valence-electron chi connectivity index (χ4n) is 1.72. The zero-order valence-electron chi connectivity index (χ0n) is 13.6. The highest BCUT2D eigenvalue weighted by Crippen LogP contribution is 2.11. The van der Waals surface area contributed by atoms with Gasteiger partial charge >= 0.3 is 0 Å². The Morgan fingerprint density at radius 1 is 1.43 bits per heavy atom. The Hall–Kier alpha value is -1.16. The highest BCUT2D eigenvalue weighted by molar-refractivity contribution is 5.47. The number of ether oxygens (including phenoxy) is 2. The summed E-state index contributed by atoms with van der Waals surface area (Å²) in [4.78, 5) is 0. The third kappa shape index (κ3) is 8.66. The Kier molecular flexibility index (Phi) is 8.99. The van der Waals surface area contributed by atoms with E-state index in [-0.39, 0.29) is 0 Å². The molecule has 1 saturated heterocycles. The first-order valence-electron chi connectivity index (χ1n) is 7.74. The maximum atomic E-state index is 5.47. The van der Waals surface area contributed by atoms with Crippen molar-refractivity contribution in [2.24, 2.45) is 5.92 Å². The van der Waals surface area contributed by atoms with Gasteiger partial charge in [-0.1, -0.05) is 57.2 Å². The number of epoxide rings is 1. The van der Waals surface area contributed by atoms with Gasteiger partial charge in [0.25, 0.3) is 0 Å². The summed E-state index contributed by atoms with van der Waals surface area (Å²) in [5.41, 5.74) is 2.33. The van der Waals surface area contributed by atoms with Crippen molar-refractivity contribution in [2.75, 3.05) is 26.8 Å². The molecule has 118 valence electrons. The molecule has 1 aromatic rings. The summed E-state index contributed by atoms with van der Waals surface area (Å²) in [6.45, 7) is 11.5. The summed E-state index contributed by atoms with van der Waals surface area (Å²) in [5.74, 6) is 0.838. The van der Waals surface area contributed by atoms with Crippen LogP contribution in [0.2, 0.25) is 0 Å². The molecule has 2 rings (SSSR count). The molecule has 21 heavy (non-hydrogen) atoms. The van der Waals surface area contributed by atoms with Gasteiger partial charge in [-0.15, -0.1) is 0 Å². The van der Waals surface area contributed by atoms with Gasteiger partial charge < -0.3 is 14.8 Å². The van der Waals surface area contributed by atoms with E-state index >= 15 is 0 Å². The summed E-state index contributed by atoms with van der Waals surface area (Å²) in [6.07, 6.45) is 3.46. The first-order chi connectivity index (χ1) is 10.2.